The van der Waals surface area contributed by atoms with E-state index in [0.717, 1.165) is 24.9 Å². The van der Waals surface area contributed by atoms with Gasteiger partial charge in [0.05, 0.1) is 10.9 Å². The fraction of sp³-hybridized carbons (Fsp3) is 0.350. The van der Waals surface area contributed by atoms with Crippen LogP contribution in [0.4, 0.5) is 0 Å². The summed E-state index contributed by atoms with van der Waals surface area (Å²) in [6, 6.07) is 16.2. The van der Waals surface area contributed by atoms with Gasteiger partial charge in [-0.05, 0) is 36.9 Å². The minimum absolute atomic E-state index is 0.0632. The molecule has 1 unspecified atom stereocenters. The highest BCUT2D eigenvalue weighted by Crippen LogP contribution is 2.20. The normalized spacial score (nSPS) is 12.8. The summed E-state index contributed by atoms with van der Waals surface area (Å²) in [5.41, 5.74) is 1.49. The van der Waals surface area contributed by atoms with Gasteiger partial charge in [-0.25, -0.2) is 8.42 Å². The summed E-state index contributed by atoms with van der Waals surface area (Å²) in [4.78, 5) is 15.0. The molecule has 0 heterocycles. The highest BCUT2D eigenvalue weighted by atomic mass is 32.2. The molecule has 2 aromatic rings. The maximum absolute atomic E-state index is 12.5. The molecule has 0 aliphatic rings. The van der Waals surface area contributed by atoms with Crippen LogP contribution in [0.2, 0.25) is 0 Å². The molecule has 0 radical (unpaired) electrons. The lowest BCUT2D eigenvalue weighted by molar-refractivity contribution is 0.0934. The SMILES string of the molecule is CCN(CC)C(CNC(=O)c1cccc(S(C)(=O)=O)c1)c1ccccc1. The minimum Gasteiger partial charge on any atom is -0.350 e. The largest absolute Gasteiger partial charge is 0.350 e. The van der Waals surface area contributed by atoms with Crippen LogP contribution in [-0.4, -0.2) is 45.1 Å². The molecule has 0 fully saturated rings. The average Bonchev–Trinajstić information content (AvgIpc) is 2.65. The molecule has 0 saturated heterocycles. The Morgan fingerprint density at radius 3 is 2.27 bits per heavy atom. The number of sulfone groups is 1. The molecule has 1 atom stereocenters. The Morgan fingerprint density at radius 2 is 1.69 bits per heavy atom. The van der Waals surface area contributed by atoms with Crippen molar-refractivity contribution < 1.29 is 13.2 Å². The van der Waals surface area contributed by atoms with Crippen LogP contribution in [0.3, 0.4) is 0 Å². The van der Waals surface area contributed by atoms with Crippen LogP contribution in [0.15, 0.2) is 59.5 Å². The molecule has 1 N–H and O–H groups in total. The molecule has 0 saturated carbocycles. The lowest BCUT2D eigenvalue weighted by Gasteiger charge is -2.30. The van der Waals surface area contributed by atoms with Crippen molar-refractivity contribution in [3.05, 3.63) is 65.7 Å². The Bertz CT molecular complexity index is 831. The van der Waals surface area contributed by atoms with Gasteiger partial charge in [0.2, 0.25) is 0 Å². The predicted octanol–water partition coefficient (Wildman–Crippen LogP) is 2.90. The Hall–Kier alpha value is -2.18. The third-order valence-corrected chi connectivity index (χ3v) is 5.53. The highest BCUT2D eigenvalue weighted by Gasteiger charge is 2.19. The molecule has 0 spiro atoms. The predicted molar refractivity (Wildman–Crippen MR) is 104 cm³/mol. The summed E-state index contributed by atoms with van der Waals surface area (Å²) in [6.45, 7) is 6.38. The van der Waals surface area contributed by atoms with Crippen LogP contribution in [0.25, 0.3) is 0 Å². The number of nitrogens with zero attached hydrogens (tertiary/aromatic N) is 1. The number of nitrogens with one attached hydrogen (secondary N) is 1. The van der Waals surface area contributed by atoms with Gasteiger partial charge >= 0.3 is 0 Å². The number of hydrogen-bond acceptors (Lipinski definition) is 4. The van der Waals surface area contributed by atoms with Crippen LogP contribution in [-0.2, 0) is 9.84 Å². The van der Waals surface area contributed by atoms with E-state index in [9.17, 15) is 13.2 Å². The van der Waals surface area contributed by atoms with Crippen LogP contribution in [0, 0.1) is 0 Å². The standard InChI is InChI=1S/C20H26N2O3S/c1-4-22(5-2)19(16-10-7-6-8-11-16)15-21-20(23)17-12-9-13-18(14-17)26(3,24)25/h6-14,19H,4-5,15H2,1-3H3,(H,21,23). The molecule has 5 nitrogen and oxygen atoms in total. The summed E-state index contributed by atoms with van der Waals surface area (Å²) in [7, 11) is -3.34. The molecule has 2 rings (SSSR count). The van der Waals surface area contributed by atoms with Crippen molar-refractivity contribution >= 4 is 15.7 Å². The third kappa shape index (κ3) is 5.16. The van der Waals surface area contributed by atoms with Crippen molar-refractivity contribution in [3.63, 3.8) is 0 Å². The second kappa shape index (κ2) is 8.96. The first-order valence-electron chi connectivity index (χ1n) is 8.74. The van der Waals surface area contributed by atoms with Crippen molar-refractivity contribution in [2.24, 2.45) is 0 Å². The number of rotatable bonds is 8. The zero-order valence-corrected chi connectivity index (χ0v) is 16.3. The average molecular weight is 375 g/mol. The Morgan fingerprint density at radius 1 is 1.04 bits per heavy atom. The molecule has 0 bridgehead atoms. The first-order chi connectivity index (χ1) is 12.4. The van der Waals surface area contributed by atoms with E-state index >= 15 is 0 Å². The van der Waals surface area contributed by atoms with Gasteiger partial charge in [0.1, 0.15) is 0 Å². The van der Waals surface area contributed by atoms with E-state index in [2.05, 4.69) is 36.2 Å². The quantitative estimate of drug-likeness (QED) is 0.771. The summed E-state index contributed by atoms with van der Waals surface area (Å²) >= 11 is 0. The van der Waals surface area contributed by atoms with E-state index in [-0.39, 0.29) is 16.8 Å². The van der Waals surface area contributed by atoms with Crippen molar-refractivity contribution in [2.75, 3.05) is 25.9 Å². The molecule has 0 aromatic heterocycles. The van der Waals surface area contributed by atoms with Gasteiger partial charge in [-0.2, -0.15) is 0 Å². The Balaban J connectivity index is 2.17. The summed E-state index contributed by atoms with van der Waals surface area (Å²) in [5.74, 6) is -0.274. The van der Waals surface area contributed by atoms with Gasteiger partial charge in [0, 0.05) is 18.4 Å². The zero-order valence-electron chi connectivity index (χ0n) is 15.5. The van der Waals surface area contributed by atoms with Crippen LogP contribution in [0.5, 0.6) is 0 Å². The van der Waals surface area contributed by atoms with Crippen molar-refractivity contribution in [1.29, 1.82) is 0 Å². The molecule has 140 valence electrons. The maximum Gasteiger partial charge on any atom is 0.251 e. The smallest absolute Gasteiger partial charge is 0.251 e. The topological polar surface area (TPSA) is 66.5 Å². The lowest BCUT2D eigenvalue weighted by atomic mass is 10.0. The van der Waals surface area contributed by atoms with E-state index in [1.165, 1.54) is 12.1 Å². The van der Waals surface area contributed by atoms with Gasteiger partial charge in [0.15, 0.2) is 9.84 Å². The molecule has 26 heavy (non-hydrogen) atoms. The molecular weight excluding hydrogens is 348 g/mol. The molecule has 0 aliphatic carbocycles. The van der Waals surface area contributed by atoms with Crippen molar-refractivity contribution in [3.8, 4) is 0 Å². The van der Waals surface area contributed by atoms with E-state index in [1.807, 2.05) is 18.2 Å². The van der Waals surface area contributed by atoms with Gasteiger partial charge in [-0.1, -0.05) is 50.2 Å². The molecule has 6 heteroatoms. The van der Waals surface area contributed by atoms with Gasteiger partial charge < -0.3 is 5.32 Å². The number of amides is 1. The second-order valence-corrected chi connectivity index (χ2v) is 8.17. The Kier molecular flexibility index (Phi) is 6.94. The van der Waals surface area contributed by atoms with Crippen molar-refractivity contribution in [1.82, 2.24) is 10.2 Å². The Labute approximate surface area is 156 Å². The summed E-state index contributed by atoms with van der Waals surface area (Å²) in [6.07, 6.45) is 1.13. The second-order valence-electron chi connectivity index (χ2n) is 6.16. The molecule has 1 amide bonds. The van der Waals surface area contributed by atoms with E-state index in [4.69, 9.17) is 0 Å². The summed E-state index contributed by atoms with van der Waals surface area (Å²) in [5, 5.41) is 2.95. The fourth-order valence-corrected chi connectivity index (χ4v) is 3.62. The lowest BCUT2D eigenvalue weighted by Crippen LogP contribution is -2.38. The highest BCUT2D eigenvalue weighted by molar-refractivity contribution is 7.90. The van der Waals surface area contributed by atoms with Gasteiger partial charge in [0.25, 0.3) is 5.91 Å². The minimum atomic E-state index is -3.34. The fourth-order valence-electron chi connectivity index (χ4n) is 2.96. The number of hydrogen-bond donors (Lipinski definition) is 1. The van der Waals surface area contributed by atoms with Crippen LogP contribution >= 0.6 is 0 Å². The zero-order chi connectivity index (χ0) is 19.2. The van der Waals surface area contributed by atoms with Crippen molar-refractivity contribution in [2.45, 2.75) is 24.8 Å². The summed E-state index contributed by atoms with van der Waals surface area (Å²) < 4.78 is 23.4. The first kappa shape index (κ1) is 20.1. The van der Waals surface area contributed by atoms with E-state index in [0.29, 0.717) is 12.1 Å². The first-order valence-corrected chi connectivity index (χ1v) is 10.6. The van der Waals surface area contributed by atoms with Gasteiger partial charge in [-0.3, -0.25) is 9.69 Å². The third-order valence-electron chi connectivity index (χ3n) is 4.42. The number of carbonyl (C=O) groups excluding carboxylic acids is 1. The van der Waals surface area contributed by atoms with Crippen LogP contribution < -0.4 is 5.32 Å². The van der Waals surface area contributed by atoms with Crippen LogP contribution in [0.1, 0.15) is 35.8 Å². The maximum atomic E-state index is 12.5. The molecule has 2 aromatic carbocycles. The molecular formula is C20H26N2O3S. The van der Waals surface area contributed by atoms with E-state index < -0.39 is 9.84 Å². The monoisotopic (exact) mass is 374 g/mol. The number of carbonyl (C=O) groups is 1. The van der Waals surface area contributed by atoms with E-state index in [1.54, 1.807) is 12.1 Å². The molecule has 0 aliphatic heterocycles. The van der Waals surface area contributed by atoms with Gasteiger partial charge in [-0.15, -0.1) is 0 Å². The number of benzene rings is 2. The number of likely N-dealkylation sites (N-methyl/N-ethyl adjacent to an activating group) is 1.